The van der Waals surface area contributed by atoms with Crippen LogP contribution in [-0.2, 0) is 26.6 Å². The van der Waals surface area contributed by atoms with Gasteiger partial charge in [-0.1, -0.05) is 19.0 Å². The zero-order valence-corrected chi connectivity index (χ0v) is 25.0. The summed E-state index contributed by atoms with van der Waals surface area (Å²) in [5, 5.41) is 0. The van der Waals surface area contributed by atoms with Gasteiger partial charge in [0.15, 0.2) is 0 Å². The molecule has 0 amide bonds. The van der Waals surface area contributed by atoms with Crippen LogP contribution in [0.2, 0.25) is 56.7 Å². The highest BCUT2D eigenvalue weighted by atomic mass is 28.4. The molecule has 0 rings (SSSR count). The lowest BCUT2D eigenvalue weighted by molar-refractivity contribution is 0.190. The largest absolute Gasteiger partial charge is 0.395 e. The topological polar surface area (TPSA) is 55.4 Å². The average Bonchev–Trinajstić information content (AvgIpc) is 2.68. The van der Waals surface area contributed by atoms with Crippen LogP contribution in [0.3, 0.4) is 0 Å². The summed E-state index contributed by atoms with van der Waals surface area (Å²) in [4.78, 5) is 0. The van der Waals surface area contributed by atoms with Gasteiger partial charge in [-0.15, -0.1) is 0 Å². The van der Waals surface area contributed by atoms with E-state index >= 15 is 0 Å². The van der Waals surface area contributed by atoms with Crippen LogP contribution in [0, 0.1) is 0 Å². The van der Waals surface area contributed by atoms with Gasteiger partial charge in [0, 0.05) is 39.6 Å². The molecule has 0 aromatic carbocycles. The molecule has 0 spiro atoms. The standard InChI is InChI=1S/C21H51BO6Si3/c1-10-23-29(7,24-11-2)19-16-22(17-20-30(8,25-12-3)26-13-4)18-21-31(9,27-14-5)28-15-6/h10-21H2,1-9H3. The fourth-order valence-corrected chi connectivity index (χ4v) is 11.8. The van der Waals surface area contributed by atoms with Gasteiger partial charge in [-0.3, -0.25) is 0 Å². The van der Waals surface area contributed by atoms with Gasteiger partial charge in [-0.05, 0) is 79.3 Å². The maximum atomic E-state index is 6.10. The van der Waals surface area contributed by atoms with E-state index in [1.54, 1.807) is 0 Å². The zero-order chi connectivity index (χ0) is 23.8. The predicted molar refractivity (Wildman–Crippen MR) is 139 cm³/mol. The van der Waals surface area contributed by atoms with Crippen molar-refractivity contribution in [3.8, 4) is 0 Å². The van der Waals surface area contributed by atoms with E-state index in [0.29, 0.717) is 46.4 Å². The monoisotopic (exact) mass is 494 g/mol. The van der Waals surface area contributed by atoms with Crippen LogP contribution < -0.4 is 0 Å². The van der Waals surface area contributed by atoms with Crippen molar-refractivity contribution in [2.75, 3.05) is 39.6 Å². The summed E-state index contributed by atoms with van der Waals surface area (Å²) in [6.07, 6.45) is 3.32. The Hall–Kier alpha value is 0.476. The summed E-state index contributed by atoms with van der Waals surface area (Å²) in [6.45, 7) is 23.8. The molecular formula is C21H51BO6Si3. The molecule has 0 aliphatic carbocycles. The van der Waals surface area contributed by atoms with E-state index in [0.717, 1.165) is 37.1 Å². The van der Waals surface area contributed by atoms with E-state index in [1.807, 2.05) is 0 Å². The van der Waals surface area contributed by atoms with E-state index in [2.05, 4.69) is 61.2 Å². The van der Waals surface area contributed by atoms with Crippen LogP contribution >= 0.6 is 0 Å². The second kappa shape index (κ2) is 17.0. The van der Waals surface area contributed by atoms with Crippen LogP contribution in [0.4, 0.5) is 0 Å². The lowest BCUT2D eigenvalue weighted by Crippen LogP contribution is -2.42. The van der Waals surface area contributed by atoms with Crippen molar-refractivity contribution >= 4 is 32.4 Å². The van der Waals surface area contributed by atoms with Gasteiger partial charge in [-0.2, -0.15) is 0 Å². The highest BCUT2D eigenvalue weighted by molar-refractivity contribution is 6.73. The third kappa shape index (κ3) is 13.7. The van der Waals surface area contributed by atoms with E-state index < -0.39 is 25.7 Å². The lowest BCUT2D eigenvalue weighted by atomic mass is 9.44. The predicted octanol–water partition coefficient (Wildman–Crippen LogP) is 5.92. The quantitative estimate of drug-likeness (QED) is 0.185. The zero-order valence-electron chi connectivity index (χ0n) is 22.0. The summed E-state index contributed by atoms with van der Waals surface area (Å²) in [7, 11) is -6.38. The Balaban J connectivity index is 5.25. The summed E-state index contributed by atoms with van der Waals surface area (Å²) < 4.78 is 36.6. The minimum Gasteiger partial charge on any atom is -0.395 e. The molecule has 0 unspecified atom stereocenters. The SMILES string of the molecule is CCO[Si](C)(CCB(CC[Si](C)(OCC)OCC)CC[Si](C)(OCC)OCC)OCC. The fourth-order valence-electron chi connectivity index (χ4n) is 4.22. The normalized spacial score (nSPS) is 13.1. The van der Waals surface area contributed by atoms with E-state index in [-0.39, 0.29) is 0 Å². The maximum Gasteiger partial charge on any atom is 0.334 e. The summed E-state index contributed by atoms with van der Waals surface area (Å²) >= 11 is 0. The van der Waals surface area contributed by atoms with Crippen molar-refractivity contribution in [3.63, 3.8) is 0 Å². The van der Waals surface area contributed by atoms with Crippen molar-refractivity contribution in [1.82, 2.24) is 0 Å². The molecule has 6 nitrogen and oxygen atoms in total. The molecule has 10 heteroatoms. The van der Waals surface area contributed by atoms with Crippen molar-refractivity contribution in [2.24, 2.45) is 0 Å². The van der Waals surface area contributed by atoms with Crippen molar-refractivity contribution in [1.29, 1.82) is 0 Å². The number of hydrogen-bond acceptors (Lipinski definition) is 6. The number of hydrogen-bond donors (Lipinski definition) is 0. The van der Waals surface area contributed by atoms with Crippen LogP contribution in [0.1, 0.15) is 41.5 Å². The van der Waals surface area contributed by atoms with E-state index in [4.69, 9.17) is 26.6 Å². The van der Waals surface area contributed by atoms with Crippen LogP contribution in [0.25, 0.3) is 0 Å². The lowest BCUT2D eigenvalue weighted by Gasteiger charge is -2.31. The Bertz CT molecular complexity index is 368. The van der Waals surface area contributed by atoms with Gasteiger partial charge in [0.25, 0.3) is 0 Å². The minimum absolute atomic E-state index is 0.563. The fraction of sp³-hybridized carbons (Fsp3) is 1.00. The first kappa shape index (κ1) is 31.5. The molecule has 0 aromatic rings. The first-order valence-corrected chi connectivity index (χ1v) is 20.1. The molecule has 0 atom stereocenters. The number of rotatable bonds is 21. The molecule has 0 N–H and O–H groups in total. The van der Waals surface area contributed by atoms with Gasteiger partial charge in [0.05, 0.1) is 0 Å². The van der Waals surface area contributed by atoms with Crippen LogP contribution in [-0.4, -0.2) is 72.0 Å². The second-order valence-electron chi connectivity index (χ2n) is 8.48. The molecular weight excluding hydrogens is 443 g/mol. The second-order valence-corrected chi connectivity index (χ2v) is 18.5. The molecule has 0 fully saturated rings. The molecule has 0 heterocycles. The molecule has 0 aromatic heterocycles. The Morgan fingerprint density at radius 2 is 0.613 bits per heavy atom. The average molecular weight is 495 g/mol. The Morgan fingerprint density at radius 1 is 0.419 bits per heavy atom. The maximum absolute atomic E-state index is 6.10. The summed E-state index contributed by atoms with van der Waals surface area (Å²) in [5.74, 6) is 0. The first-order valence-electron chi connectivity index (χ1n) is 12.5. The Kier molecular flexibility index (Phi) is 17.3. The Morgan fingerprint density at radius 3 is 0.774 bits per heavy atom. The first-order chi connectivity index (χ1) is 14.6. The third-order valence-corrected chi connectivity index (χ3v) is 14.7. The molecule has 0 saturated heterocycles. The Labute approximate surface area is 196 Å². The molecule has 31 heavy (non-hydrogen) atoms. The summed E-state index contributed by atoms with van der Waals surface area (Å²) in [6, 6.07) is 3.05. The van der Waals surface area contributed by atoms with Crippen LogP contribution in [0.15, 0.2) is 0 Å². The van der Waals surface area contributed by atoms with Gasteiger partial charge in [0.2, 0.25) is 0 Å². The van der Waals surface area contributed by atoms with Crippen molar-refractivity contribution in [3.05, 3.63) is 0 Å². The van der Waals surface area contributed by atoms with Gasteiger partial charge in [-0.25, -0.2) is 0 Å². The molecule has 0 bridgehead atoms. The molecule has 0 aliphatic heterocycles. The molecule has 0 saturated carbocycles. The summed E-state index contributed by atoms with van der Waals surface area (Å²) in [5.41, 5.74) is 0. The van der Waals surface area contributed by atoms with Crippen LogP contribution in [0.5, 0.6) is 0 Å². The molecule has 0 radical (unpaired) electrons. The van der Waals surface area contributed by atoms with E-state index in [1.165, 1.54) is 0 Å². The smallest absolute Gasteiger partial charge is 0.334 e. The van der Waals surface area contributed by atoms with E-state index in [9.17, 15) is 0 Å². The van der Waals surface area contributed by atoms with Crippen molar-refractivity contribution in [2.45, 2.75) is 98.3 Å². The highest BCUT2D eigenvalue weighted by Crippen LogP contribution is 2.28. The molecule has 186 valence electrons. The highest BCUT2D eigenvalue weighted by Gasteiger charge is 2.37. The van der Waals surface area contributed by atoms with Gasteiger partial charge >= 0.3 is 25.7 Å². The van der Waals surface area contributed by atoms with Crippen molar-refractivity contribution < 1.29 is 26.6 Å². The minimum atomic E-state index is -2.13. The van der Waals surface area contributed by atoms with Gasteiger partial charge in [0.1, 0.15) is 6.71 Å². The third-order valence-electron chi connectivity index (χ3n) is 5.72. The molecule has 0 aliphatic rings. The van der Waals surface area contributed by atoms with Gasteiger partial charge < -0.3 is 26.6 Å².